The second-order valence-corrected chi connectivity index (χ2v) is 7.73. The van der Waals surface area contributed by atoms with Gasteiger partial charge in [0.1, 0.15) is 5.82 Å². The number of nitrogens with one attached hydrogen (secondary N) is 1. The van der Waals surface area contributed by atoms with Crippen LogP contribution in [0.1, 0.15) is 29.3 Å². The lowest BCUT2D eigenvalue weighted by atomic mass is 10.0. The zero-order chi connectivity index (χ0) is 18.7. The number of nitrogens with zero attached hydrogens (tertiary/aromatic N) is 1. The molecular weight excluding hydrogens is 355 g/mol. The van der Waals surface area contributed by atoms with Crippen LogP contribution in [0.3, 0.4) is 0 Å². The van der Waals surface area contributed by atoms with Crippen LogP contribution in [0.4, 0.5) is 10.1 Å². The van der Waals surface area contributed by atoms with Crippen molar-refractivity contribution >= 4 is 32.4 Å². The van der Waals surface area contributed by atoms with E-state index in [0.717, 1.165) is 23.0 Å². The van der Waals surface area contributed by atoms with E-state index >= 15 is 0 Å². The summed E-state index contributed by atoms with van der Waals surface area (Å²) in [7, 11) is -3.57. The van der Waals surface area contributed by atoms with Gasteiger partial charge in [0, 0.05) is 22.7 Å². The fourth-order valence-corrected chi connectivity index (χ4v) is 3.78. The highest BCUT2D eigenvalue weighted by Crippen LogP contribution is 2.21. The Bertz CT molecular complexity index is 1080. The van der Waals surface area contributed by atoms with Crippen LogP contribution in [-0.4, -0.2) is 24.9 Å². The second kappa shape index (κ2) is 7.21. The summed E-state index contributed by atoms with van der Waals surface area (Å²) in [4.78, 5) is 16.9. The first-order valence-electron chi connectivity index (χ1n) is 8.08. The van der Waals surface area contributed by atoms with E-state index in [9.17, 15) is 17.6 Å². The molecule has 134 valence electrons. The molecule has 2 aromatic carbocycles. The zero-order valence-corrected chi connectivity index (χ0v) is 14.9. The molecule has 0 spiro atoms. The Labute approximate surface area is 150 Å². The summed E-state index contributed by atoms with van der Waals surface area (Å²) >= 11 is 0. The fraction of sp³-hybridized carbons (Fsp3) is 0.158. The molecule has 1 aromatic heterocycles. The number of hydrogen-bond donors (Lipinski definition) is 1. The number of ketones is 1. The molecule has 0 bridgehead atoms. The van der Waals surface area contributed by atoms with Crippen molar-refractivity contribution in [2.24, 2.45) is 0 Å². The van der Waals surface area contributed by atoms with Crippen molar-refractivity contribution in [2.75, 3.05) is 10.5 Å². The van der Waals surface area contributed by atoms with Gasteiger partial charge in [-0.1, -0.05) is 13.0 Å². The molecule has 0 amide bonds. The van der Waals surface area contributed by atoms with Gasteiger partial charge in [0.15, 0.2) is 5.78 Å². The minimum Gasteiger partial charge on any atom is -0.289 e. The van der Waals surface area contributed by atoms with E-state index < -0.39 is 21.6 Å². The van der Waals surface area contributed by atoms with E-state index in [0.29, 0.717) is 12.0 Å². The number of halogens is 1. The Morgan fingerprint density at radius 1 is 1.12 bits per heavy atom. The number of rotatable bonds is 6. The van der Waals surface area contributed by atoms with Gasteiger partial charge in [-0.2, -0.15) is 0 Å². The molecule has 0 aliphatic carbocycles. The average Bonchev–Trinajstić information content (AvgIpc) is 2.59. The minimum atomic E-state index is -3.57. The fourth-order valence-electron chi connectivity index (χ4n) is 2.66. The Kier molecular flexibility index (Phi) is 4.99. The molecule has 1 N–H and O–H groups in total. The predicted molar refractivity (Wildman–Crippen MR) is 99.3 cm³/mol. The highest BCUT2D eigenvalue weighted by molar-refractivity contribution is 7.92. The Balaban J connectivity index is 1.96. The molecule has 0 atom stereocenters. The molecule has 0 fully saturated rings. The predicted octanol–water partition coefficient (Wildman–Crippen LogP) is 3.76. The van der Waals surface area contributed by atoms with Crippen molar-refractivity contribution in [3.05, 3.63) is 71.7 Å². The molecule has 3 rings (SSSR count). The quantitative estimate of drug-likeness (QED) is 0.669. The van der Waals surface area contributed by atoms with Gasteiger partial charge < -0.3 is 0 Å². The van der Waals surface area contributed by atoms with Crippen molar-refractivity contribution < 1.29 is 17.6 Å². The van der Waals surface area contributed by atoms with E-state index in [1.807, 2.05) is 6.07 Å². The van der Waals surface area contributed by atoms with Gasteiger partial charge in [-0.25, -0.2) is 12.8 Å². The van der Waals surface area contributed by atoms with Crippen LogP contribution in [0.25, 0.3) is 10.9 Å². The maximum Gasteiger partial charge on any atom is 0.232 e. The number of aromatic nitrogens is 1. The summed E-state index contributed by atoms with van der Waals surface area (Å²) < 4.78 is 40.0. The highest BCUT2D eigenvalue weighted by Gasteiger charge is 2.15. The van der Waals surface area contributed by atoms with Crippen LogP contribution in [0.2, 0.25) is 0 Å². The van der Waals surface area contributed by atoms with Crippen LogP contribution in [0.15, 0.2) is 54.7 Å². The number of carbonyl (C=O) groups is 1. The first kappa shape index (κ1) is 18.0. The summed E-state index contributed by atoms with van der Waals surface area (Å²) in [6.07, 6.45) is 2.09. The van der Waals surface area contributed by atoms with E-state index in [1.165, 1.54) is 6.07 Å². The number of fused-ring (bicyclic) bond motifs is 1. The first-order chi connectivity index (χ1) is 12.4. The van der Waals surface area contributed by atoms with Crippen molar-refractivity contribution in [2.45, 2.75) is 13.3 Å². The van der Waals surface area contributed by atoms with Crippen molar-refractivity contribution in [1.82, 2.24) is 4.98 Å². The smallest absolute Gasteiger partial charge is 0.232 e. The number of sulfonamides is 1. The lowest BCUT2D eigenvalue weighted by Gasteiger charge is -2.09. The molecule has 0 saturated carbocycles. The first-order valence-corrected chi connectivity index (χ1v) is 9.74. The maximum atomic E-state index is 13.9. The monoisotopic (exact) mass is 372 g/mol. The van der Waals surface area contributed by atoms with E-state index in [-0.39, 0.29) is 17.0 Å². The Hall–Kier alpha value is -2.80. The third kappa shape index (κ3) is 4.05. The standard InChI is InChI=1S/C19H17FN2O3S/c1-2-8-26(24,25)22-17-11-15(10-16(20)12-17)19(23)14-5-6-18-13(9-14)4-3-7-21-18/h3-7,9-12,22H,2,8H2,1H3. The number of anilines is 1. The summed E-state index contributed by atoms with van der Waals surface area (Å²) in [5, 5.41) is 0.790. The Morgan fingerprint density at radius 2 is 1.92 bits per heavy atom. The molecule has 0 saturated heterocycles. The molecule has 26 heavy (non-hydrogen) atoms. The van der Waals surface area contributed by atoms with Gasteiger partial charge in [0.25, 0.3) is 0 Å². The van der Waals surface area contributed by atoms with Gasteiger partial charge >= 0.3 is 0 Å². The highest BCUT2D eigenvalue weighted by atomic mass is 32.2. The molecule has 0 radical (unpaired) electrons. The number of carbonyl (C=O) groups excluding carboxylic acids is 1. The van der Waals surface area contributed by atoms with E-state index in [4.69, 9.17) is 0 Å². The van der Waals surface area contributed by atoms with Crippen LogP contribution in [0, 0.1) is 5.82 Å². The number of pyridine rings is 1. The van der Waals surface area contributed by atoms with Crippen LogP contribution < -0.4 is 4.72 Å². The third-order valence-electron chi connectivity index (χ3n) is 3.77. The summed E-state index contributed by atoms with van der Waals surface area (Å²) in [5.74, 6) is -1.16. The van der Waals surface area contributed by atoms with Crippen molar-refractivity contribution in [3.8, 4) is 0 Å². The zero-order valence-electron chi connectivity index (χ0n) is 14.1. The molecule has 0 aliphatic heterocycles. The minimum absolute atomic E-state index is 0.0317. The molecule has 0 aliphatic rings. The van der Waals surface area contributed by atoms with Gasteiger partial charge in [-0.3, -0.25) is 14.5 Å². The third-order valence-corrected chi connectivity index (χ3v) is 5.26. The summed E-state index contributed by atoms with van der Waals surface area (Å²) in [5.41, 5.74) is 1.22. The summed E-state index contributed by atoms with van der Waals surface area (Å²) in [6.45, 7) is 1.73. The van der Waals surface area contributed by atoms with Gasteiger partial charge in [-0.05, 0) is 48.9 Å². The van der Waals surface area contributed by atoms with Crippen molar-refractivity contribution in [1.29, 1.82) is 0 Å². The topological polar surface area (TPSA) is 76.1 Å². The van der Waals surface area contributed by atoms with Crippen LogP contribution in [-0.2, 0) is 10.0 Å². The van der Waals surface area contributed by atoms with Gasteiger partial charge in [0.2, 0.25) is 10.0 Å². The molecule has 1 heterocycles. The van der Waals surface area contributed by atoms with Crippen LogP contribution in [0.5, 0.6) is 0 Å². The molecule has 5 nitrogen and oxygen atoms in total. The Morgan fingerprint density at radius 3 is 2.69 bits per heavy atom. The largest absolute Gasteiger partial charge is 0.289 e. The SMILES string of the molecule is CCCS(=O)(=O)Nc1cc(F)cc(C(=O)c2ccc3ncccc3c2)c1. The summed E-state index contributed by atoms with van der Waals surface area (Å²) in [6, 6.07) is 12.1. The van der Waals surface area contributed by atoms with Crippen LogP contribution >= 0.6 is 0 Å². The molecule has 0 unspecified atom stereocenters. The second-order valence-electron chi connectivity index (χ2n) is 5.89. The molecule has 7 heteroatoms. The van der Waals surface area contributed by atoms with Crippen molar-refractivity contribution in [3.63, 3.8) is 0 Å². The molecule has 3 aromatic rings. The lowest BCUT2D eigenvalue weighted by molar-refractivity contribution is 0.103. The average molecular weight is 372 g/mol. The number of hydrogen-bond acceptors (Lipinski definition) is 4. The van der Waals surface area contributed by atoms with E-state index in [2.05, 4.69) is 9.71 Å². The van der Waals surface area contributed by atoms with E-state index in [1.54, 1.807) is 37.4 Å². The molecular formula is C19H17FN2O3S. The van der Waals surface area contributed by atoms with Gasteiger partial charge in [-0.15, -0.1) is 0 Å². The maximum absolute atomic E-state index is 13.9. The lowest BCUT2D eigenvalue weighted by Crippen LogP contribution is -2.16. The number of benzene rings is 2. The normalized spacial score (nSPS) is 11.5. The van der Waals surface area contributed by atoms with Gasteiger partial charge in [0.05, 0.1) is 17.0 Å².